The highest BCUT2D eigenvalue weighted by Crippen LogP contribution is 2.29. The number of fused-ring (bicyclic) bond motifs is 1. The normalized spacial score (nSPS) is 13.6. The van der Waals surface area contributed by atoms with E-state index in [1.54, 1.807) is 16.7 Å². The number of halogens is 1. The van der Waals surface area contributed by atoms with Gasteiger partial charge in [-0.15, -0.1) is 0 Å². The molecule has 174 valence electrons. The third-order valence-corrected chi connectivity index (χ3v) is 8.08. The highest BCUT2D eigenvalue weighted by atomic mass is 32.2. The zero-order valence-corrected chi connectivity index (χ0v) is 20.8. The van der Waals surface area contributed by atoms with Crippen molar-refractivity contribution in [3.8, 4) is 11.4 Å². The van der Waals surface area contributed by atoms with Crippen molar-refractivity contribution < 1.29 is 9.18 Å². The summed E-state index contributed by atoms with van der Waals surface area (Å²) < 4.78 is 18.6. The van der Waals surface area contributed by atoms with Gasteiger partial charge in [0.15, 0.2) is 14.8 Å². The summed E-state index contributed by atoms with van der Waals surface area (Å²) >= 11 is 7.91. The van der Waals surface area contributed by atoms with Gasteiger partial charge in [-0.1, -0.05) is 53.4 Å². The van der Waals surface area contributed by atoms with Crippen LogP contribution in [-0.2, 0) is 4.79 Å². The minimum absolute atomic E-state index is 0.0158. The molecule has 4 aromatic rings. The minimum atomic E-state index is -0.541. The van der Waals surface area contributed by atoms with E-state index < -0.39 is 11.4 Å². The maximum absolute atomic E-state index is 14.8. The first-order valence-corrected chi connectivity index (χ1v) is 13.1. The van der Waals surface area contributed by atoms with Crippen molar-refractivity contribution in [2.75, 3.05) is 18.8 Å². The Balaban J connectivity index is 1.70. The van der Waals surface area contributed by atoms with Gasteiger partial charge in [0.25, 0.3) is 5.56 Å². The molecule has 5 rings (SSSR count). The summed E-state index contributed by atoms with van der Waals surface area (Å²) in [7, 11) is 0. The Hall–Kier alpha value is -2.82. The van der Waals surface area contributed by atoms with Crippen LogP contribution in [0.25, 0.3) is 21.7 Å². The van der Waals surface area contributed by atoms with Crippen LogP contribution in [0.15, 0.2) is 58.5 Å². The molecule has 2 aromatic carbocycles. The molecule has 0 unspecified atom stereocenters. The first kappa shape index (κ1) is 22.9. The summed E-state index contributed by atoms with van der Waals surface area (Å²) in [6, 6.07) is 13.8. The van der Waals surface area contributed by atoms with E-state index in [-0.39, 0.29) is 22.5 Å². The minimum Gasteiger partial charge on any atom is -0.342 e. The number of aryl methyl sites for hydroxylation is 1. The Morgan fingerprint density at radius 2 is 1.76 bits per heavy atom. The zero-order valence-electron chi connectivity index (χ0n) is 18.4. The molecule has 3 heterocycles. The molecule has 34 heavy (non-hydrogen) atoms. The molecule has 0 spiro atoms. The van der Waals surface area contributed by atoms with Crippen molar-refractivity contribution in [3.05, 3.63) is 74.2 Å². The molecule has 1 aliphatic rings. The third-order valence-electron chi connectivity index (χ3n) is 5.81. The van der Waals surface area contributed by atoms with E-state index >= 15 is 0 Å². The predicted octanol–water partition coefficient (Wildman–Crippen LogP) is 5.13. The standard InChI is InChI=1S/C24H21FN4O2S3/c1-15-8-2-4-10-17(15)28-21-20(34-24(28)32)22(31)29(18-11-5-3-9-16(18)25)23(26-21)33-14-19(30)27-12-6-7-13-27/h2-5,8-11H,6-7,12-14H2,1H3. The molecule has 0 radical (unpaired) electrons. The van der Waals surface area contributed by atoms with Crippen molar-refractivity contribution in [2.24, 2.45) is 0 Å². The molecule has 1 amide bonds. The van der Waals surface area contributed by atoms with E-state index in [9.17, 15) is 14.0 Å². The average molecular weight is 513 g/mol. The van der Waals surface area contributed by atoms with Gasteiger partial charge in [0.2, 0.25) is 5.91 Å². The molecule has 0 aliphatic carbocycles. The van der Waals surface area contributed by atoms with Gasteiger partial charge in [0.05, 0.1) is 17.1 Å². The first-order valence-electron chi connectivity index (χ1n) is 10.9. The largest absolute Gasteiger partial charge is 0.342 e. The lowest BCUT2D eigenvalue weighted by Crippen LogP contribution is -2.30. The molecule has 6 nitrogen and oxygen atoms in total. The molecule has 1 saturated heterocycles. The van der Waals surface area contributed by atoms with Crippen LogP contribution in [-0.4, -0.2) is 43.8 Å². The quantitative estimate of drug-likeness (QED) is 0.211. The summed E-state index contributed by atoms with van der Waals surface area (Å²) in [5.74, 6) is -0.444. The average Bonchev–Trinajstić information content (AvgIpc) is 3.47. The molecule has 0 saturated carbocycles. The number of carbonyl (C=O) groups excluding carboxylic acids is 1. The molecule has 1 fully saturated rings. The summed E-state index contributed by atoms with van der Waals surface area (Å²) in [4.78, 5) is 33.0. The van der Waals surface area contributed by atoms with Crippen molar-refractivity contribution in [1.82, 2.24) is 19.0 Å². The van der Waals surface area contributed by atoms with Crippen molar-refractivity contribution in [1.29, 1.82) is 0 Å². The molecule has 1 aliphatic heterocycles. The van der Waals surface area contributed by atoms with Gasteiger partial charge in [0, 0.05) is 13.1 Å². The fraction of sp³-hybridized carbons (Fsp3) is 0.250. The summed E-state index contributed by atoms with van der Waals surface area (Å²) in [5.41, 5.74) is 1.92. The Labute approximate surface area is 208 Å². The number of aromatic nitrogens is 3. The Morgan fingerprint density at radius 1 is 1.09 bits per heavy atom. The van der Waals surface area contributed by atoms with E-state index in [0.717, 1.165) is 60.3 Å². The van der Waals surface area contributed by atoms with Crippen LogP contribution in [0.4, 0.5) is 4.39 Å². The van der Waals surface area contributed by atoms with Crippen molar-refractivity contribution in [3.63, 3.8) is 0 Å². The number of para-hydroxylation sites is 2. The lowest BCUT2D eigenvalue weighted by molar-refractivity contribution is -0.127. The van der Waals surface area contributed by atoms with E-state index in [4.69, 9.17) is 17.2 Å². The van der Waals surface area contributed by atoms with Gasteiger partial charge >= 0.3 is 0 Å². The van der Waals surface area contributed by atoms with Crippen LogP contribution in [0.1, 0.15) is 18.4 Å². The summed E-state index contributed by atoms with van der Waals surface area (Å²) in [6.07, 6.45) is 1.99. The third kappa shape index (κ3) is 4.10. The lowest BCUT2D eigenvalue weighted by atomic mass is 10.2. The van der Waals surface area contributed by atoms with Gasteiger partial charge in [-0.25, -0.2) is 9.37 Å². The van der Waals surface area contributed by atoms with Gasteiger partial charge in [-0.05, 0) is 55.7 Å². The van der Waals surface area contributed by atoms with Gasteiger partial charge < -0.3 is 4.90 Å². The Morgan fingerprint density at radius 3 is 2.47 bits per heavy atom. The smallest absolute Gasteiger partial charge is 0.278 e. The van der Waals surface area contributed by atoms with Gasteiger partial charge in [-0.2, -0.15) is 0 Å². The number of rotatable bonds is 5. The fourth-order valence-corrected chi connectivity index (χ4v) is 6.28. The molecular weight excluding hydrogens is 491 g/mol. The van der Waals surface area contributed by atoms with Crippen LogP contribution in [0.2, 0.25) is 0 Å². The molecule has 10 heteroatoms. The van der Waals surface area contributed by atoms with Gasteiger partial charge in [-0.3, -0.25) is 18.7 Å². The Kier molecular flexibility index (Phi) is 6.37. The molecule has 0 atom stereocenters. The van der Waals surface area contributed by atoms with Crippen LogP contribution in [0, 0.1) is 16.7 Å². The fourth-order valence-electron chi connectivity index (χ4n) is 4.09. The number of thioether (sulfide) groups is 1. The topological polar surface area (TPSA) is 60.1 Å². The van der Waals surface area contributed by atoms with Crippen LogP contribution >= 0.6 is 35.3 Å². The maximum Gasteiger partial charge on any atom is 0.278 e. The number of likely N-dealkylation sites (tertiary alicyclic amines) is 1. The van der Waals surface area contributed by atoms with Crippen molar-refractivity contribution >= 4 is 51.6 Å². The molecule has 0 bridgehead atoms. The number of thiazole rings is 1. The van der Waals surface area contributed by atoms with E-state index in [2.05, 4.69) is 0 Å². The van der Waals surface area contributed by atoms with E-state index in [1.807, 2.05) is 36.1 Å². The molecule has 0 N–H and O–H groups in total. The monoisotopic (exact) mass is 512 g/mol. The first-order chi connectivity index (χ1) is 16.5. The number of benzene rings is 2. The number of hydrogen-bond acceptors (Lipinski definition) is 6. The Bertz CT molecular complexity index is 1520. The van der Waals surface area contributed by atoms with E-state index in [1.165, 1.54) is 16.7 Å². The summed E-state index contributed by atoms with van der Waals surface area (Å²) in [6.45, 7) is 3.44. The van der Waals surface area contributed by atoms with E-state index in [0.29, 0.717) is 14.3 Å². The number of amides is 1. The number of hydrogen-bond donors (Lipinski definition) is 0. The van der Waals surface area contributed by atoms with Crippen molar-refractivity contribution in [2.45, 2.75) is 24.9 Å². The molecular formula is C24H21FN4O2S3. The second kappa shape index (κ2) is 9.44. The highest BCUT2D eigenvalue weighted by Gasteiger charge is 2.23. The maximum atomic E-state index is 14.8. The number of carbonyl (C=O) groups is 1. The molecule has 2 aromatic heterocycles. The second-order valence-corrected chi connectivity index (χ2v) is 10.6. The summed E-state index contributed by atoms with van der Waals surface area (Å²) in [5, 5.41) is 0.255. The predicted molar refractivity (Wildman–Crippen MR) is 137 cm³/mol. The van der Waals surface area contributed by atoms with Crippen LogP contribution < -0.4 is 5.56 Å². The van der Waals surface area contributed by atoms with Crippen LogP contribution in [0.5, 0.6) is 0 Å². The second-order valence-electron chi connectivity index (χ2n) is 8.01. The number of nitrogens with zero attached hydrogens (tertiary/aromatic N) is 4. The SMILES string of the molecule is Cc1ccccc1-n1c(=S)sc2c(=O)n(-c3ccccc3F)c(SCC(=O)N3CCCC3)nc21. The van der Waals surface area contributed by atoms with Crippen LogP contribution in [0.3, 0.4) is 0 Å². The highest BCUT2D eigenvalue weighted by molar-refractivity contribution is 7.99. The zero-order chi connectivity index (χ0) is 23.8. The lowest BCUT2D eigenvalue weighted by Gasteiger charge is -2.16. The van der Waals surface area contributed by atoms with Gasteiger partial charge in [0.1, 0.15) is 10.5 Å².